The smallest absolute Gasteiger partial charge is 0.251 e. The second-order valence-corrected chi connectivity index (χ2v) is 2.77. The van der Waals surface area contributed by atoms with E-state index in [2.05, 4.69) is 5.32 Å². The lowest BCUT2D eigenvalue weighted by atomic mass is 10.2. The molecule has 1 unspecified atom stereocenters. The molecular weight excluding hydrogens is 178 g/mol. The van der Waals surface area contributed by atoms with Gasteiger partial charge in [0.15, 0.2) is 6.10 Å². The molecule has 0 aliphatic heterocycles. The fourth-order valence-corrected chi connectivity index (χ4v) is 0.607. The Bertz CT molecular complexity index is 161. The first-order valence-corrected chi connectivity index (χ1v) is 3.91. The molecule has 0 fully saturated rings. The van der Waals surface area contributed by atoms with Crippen molar-refractivity contribution in [3.8, 4) is 0 Å². The molecule has 78 valence electrons. The van der Waals surface area contributed by atoms with Gasteiger partial charge in [-0.15, -0.1) is 0 Å². The Morgan fingerprint density at radius 3 is 2.31 bits per heavy atom. The Kier molecular flexibility index (Phi) is 5.56. The van der Waals surface area contributed by atoms with E-state index in [4.69, 9.17) is 20.4 Å². The first-order valence-electron chi connectivity index (χ1n) is 3.91. The average molecular weight is 193 g/mol. The number of amides is 1. The molecule has 6 nitrogen and oxygen atoms in total. The van der Waals surface area contributed by atoms with Crippen LogP contribution in [0.3, 0.4) is 0 Å². The zero-order valence-electron chi connectivity index (χ0n) is 7.34. The van der Waals surface area contributed by atoms with Crippen LogP contribution >= 0.6 is 0 Å². The molecule has 0 aromatic carbocycles. The van der Waals surface area contributed by atoms with Crippen LogP contribution in [-0.2, 0) is 4.79 Å². The largest absolute Gasteiger partial charge is 0.394 e. The Labute approximate surface area is 75.8 Å². The molecule has 1 amide bonds. The van der Waals surface area contributed by atoms with Crippen molar-refractivity contribution in [1.82, 2.24) is 5.32 Å². The number of nitrogens with one attached hydrogen (secondary N) is 1. The van der Waals surface area contributed by atoms with Crippen LogP contribution in [0.5, 0.6) is 0 Å². The van der Waals surface area contributed by atoms with Crippen LogP contribution in [0.2, 0.25) is 0 Å². The van der Waals surface area contributed by atoms with E-state index in [1.807, 2.05) is 0 Å². The van der Waals surface area contributed by atoms with Crippen LogP contribution in [0, 0.1) is 0 Å². The molecule has 0 aliphatic carbocycles. The van der Waals surface area contributed by atoms with Crippen molar-refractivity contribution in [2.75, 3.05) is 13.2 Å². The van der Waals surface area contributed by atoms with Gasteiger partial charge in [0.2, 0.25) is 0 Å². The topological polar surface area (TPSA) is 110 Å². The molecule has 0 heterocycles. The van der Waals surface area contributed by atoms with Crippen molar-refractivity contribution in [2.24, 2.45) is 0 Å². The highest BCUT2D eigenvalue weighted by Crippen LogP contribution is 1.91. The molecule has 0 aliphatic rings. The lowest BCUT2D eigenvalue weighted by molar-refractivity contribution is -0.134. The summed E-state index contributed by atoms with van der Waals surface area (Å²) in [5.41, 5.74) is 0. The summed E-state index contributed by atoms with van der Waals surface area (Å²) in [6.07, 6.45) is -3.72. The van der Waals surface area contributed by atoms with E-state index in [0.29, 0.717) is 0 Å². The summed E-state index contributed by atoms with van der Waals surface area (Å²) < 4.78 is 0. The average Bonchev–Trinajstić information content (AvgIpc) is 2.11. The third-order valence-electron chi connectivity index (χ3n) is 1.45. The standard InChI is InChI=1S/C7H15NO5/c1-4(10)6(12)7(13)8-2-5(11)3-9/h4-6,9-12H,2-3H2,1H3,(H,8,13)/t4-,5?,6+/m1/s1. The molecule has 0 spiro atoms. The van der Waals surface area contributed by atoms with Gasteiger partial charge in [-0.3, -0.25) is 4.79 Å². The van der Waals surface area contributed by atoms with Crippen molar-refractivity contribution in [3.63, 3.8) is 0 Å². The monoisotopic (exact) mass is 193 g/mol. The first-order chi connectivity index (χ1) is 5.99. The van der Waals surface area contributed by atoms with Gasteiger partial charge in [0, 0.05) is 6.54 Å². The van der Waals surface area contributed by atoms with E-state index in [9.17, 15) is 4.79 Å². The van der Waals surface area contributed by atoms with Gasteiger partial charge in [-0.2, -0.15) is 0 Å². The lowest BCUT2D eigenvalue weighted by Crippen LogP contribution is -2.44. The van der Waals surface area contributed by atoms with E-state index in [1.165, 1.54) is 6.92 Å². The lowest BCUT2D eigenvalue weighted by Gasteiger charge is -2.14. The third kappa shape index (κ3) is 4.79. The van der Waals surface area contributed by atoms with Gasteiger partial charge in [-0.1, -0.05) is 0 Å². The zero-order chi connectivity index (χ0) is 10.4. The number of hydrogen-bond donors (Lipinski definition) is 5. The molecule has 0 aromatic heterocycles. The molecular formula is C7H15NO5. The fourth-order valence-electron chi connectivity index (χ4n) is 0.607. The van der Waals surface area contributed by atoms with Crippen LogP contribution in [0.25, 0.3) is 0 Å². The highest BCUT2D eigenvalue weighted by Gasteiger charge is 2.20. The fraction of sp³-hybridized carbons (Fsp3) is 0.857. The van der Waals surface area contributed by atoms with Gasteiger partial charge < -0.3 is 25.7 Å². The molecule has 3 atom stereocenters. The molecule has 5 N–H and O–H groups in total. The van der Waals surface area contributed by atoms with Crippen LogP contribution in [0.15, 0.2) is 0 Å². The molecule has 0 bridgehead atoms. The normalized spacial score (nSPS) is 17.6. The summed E-state index contributed by atoms with van der Waals surface area (Å²) in [6, 6.07) is 0. The summed E-state index contributed by atoms with van der Waals surface area (Å²) >= 11 is 0. The van der Waals surface area contributed by atoms with Gasteiger partial charge in [0.1, 0.15) is 0 Å². The predicted octanol–water partition coefficient (Wildman–Crippen LogP) is -2.80. The second kappa shape index (κ2) is 5.87. The SMILES string of the molecule is C[C@@H](O)[C@H](O)C(=O)NCC(O)CO. The summed E-state index contributed by atoms with van der Waals surface area (Å²) in [5.74, 6) is -0.775. The van der Waals surface area contributed by atoms with Gasteiger partial charge >= 0.3 is 0 Å². The third-order valence-corrected chi connectivity index (χ3v) is 1.45. The quantitative estimate of drug-likeness (QED) is 0.324. The van der Waals surface area contributed by atoms with E-state index in [0.717, 1.165) is 0 Å². The maximum Gasteiger partial charge on any atom is 0.251 e. The number of aliphatic hydroxyl groups is 4. The van der Waals surface area contributed by atoms with E-state index >= 15 is 0 Å². The van der Waals surface area contributed by atoms with Gasteiger partial charge in [-0.25, -0.2) is 0 Å². The minimum Gasteiger partial charge on any atom is -0.394 e. The van der Waals surface area contributed by atoms with Gasteiger partial charge in [0.05, 0.1) is 18.8 Å². The van der Waals surface area contributed by atoms with Crippen molar-refractivity contribution >= 4 is 5.91 Å². The van der Waals surface area contributed by atoms with Gasteiger partial charge in [-0.05, 0) is 6.92 Å². The first kappa shape index (κ1) is 12.3. The van der Waals surface area contributed by atoms with Crippen LogP contribution in [0.1, 0.15) is 6.92 Å². The minimum atomic E-state index is -1.51. The summed E-state index contributed by atoms with van der Waals surface area (Å²) in [4.78, 5) is 10.9. The van der Waals surface area contributed by atoms with Crippen LogP contribution in [-0.4, -0.2) is 57.8 Å². The Morgan fingerprint density at radius 1 is 1.38 bits per heavy atom. The highest BCUT2D eigenvalue weighted by atomic mass is 16.3. The number of carbonyl (C=O) groups is 1. The van der Waals surface area contributed by atoms with Crippen LogP contribution in [0.4, 0.5) is 0 Å². The predicted molar refractivity (Wildman–Crippen MR) is 43.8 cm³/mol. The molecule has 6 heteroatoms. The number of hydrogen-bond acceptors (Lipinski definition) is 5. The molecule has 0 rings (SSSR count). The maximum atomic E-state index is 10.9. The Hall–Kier alpha value is -0.690. The van der Waals surface area contributed by atoms with E-state index in [-0.39, 0.29) is 6.54 Å². The van der Waals surface area contributed by atoms with Gasteiger partial charge in [0.25, 0.3) is 5.91 Å². The van der Waals surface area contributed by atoms with Crippen molar-refractivity contribution in [3.05, 3.63) is 0 Å². The Morgan fingerprint density at radius 2 is 1.92 bits per heavy atom. The molecule has 13 heavy (non-hydrogen) atoms. The van der Waals surface area contributed by atoms with E-state index < -0.39 is 30.8 Å². The number of carbonyl (C=O) groups excluding carboxylic acids is 1. The highest BCUT2D eigenvalue weighted by molar-refractivity contribution is 5.81. The second-order valence-electron chi connectivity index (χ2n) is 2.77. The number of aliphatic hydroxyl groups excluding tert-OH is 4. The van der Waals surface area contributed by atoms with Crippen LogP contribution < -0.4 is 5.32 Å². The number of rotatable bonds is 5. The summed E-state index contributed by atoms with van der Waals surface area (Å²) in [6.45, 7) is 0.650. The van der Waals surface area contributed by atoms with Crippen molar-refractivity contribution < 1.29 is 25.2 Å². The van der Waals surface area contributed by atoms with E-state index in [1.54, 1.807) is 0 Å². The van der Waals surface area contributed by atoms with Crippen molar-refractivity contribution in [2.45, 2.75) is 25.2 Å². The zero-order valence-corrected chi connectivity index (χ0v) is 7.34. The summed E-state index contributed by atoms with van der Waals surface area (Å²) in [7, 11) is 0. The molecule has 0 saturated carbocycles. The molecule has 0 aromatic rings. The Balaban J connectivity index is 3.74. The van der Waals surface area contributed by atoms with Crippen molar-refractivity contribution in [1.29, 1.82) is 0 Å². The summed E-state index contributed by atoms with van der Waals surface area (Å²) in [5, 5.41) is 37.1. The molecule has 0 radical (unpaired) electrons. The maximum absolute atomic E-state index is 10.9. The minimum absolute atomic E-state index is 0.154. The molecule has 0 saturated heterocycles.